The zero-order valence-corrected chi connectivity index (χ0v) is 14.4. The van der Waals surface area contributed by atoms with Crippen molar-refractivity contribution in [3.05, 3.63) is 0 Å². The van der Waals surface area contributed by atoms with Crippen molar-refractivity contribution in [2.24, 2.45) is 11.3 Å². The SMILES string of the molecule is CC(CC(=O)NC(CCO)C(C)(C)C)NC(=O)C1CCCC1. The zero-order valence-electron chi connectivity index (χ0n) is 14.4. The molecule has 0 aromatic rings. The zero-order chi connectivity index (χ0) is 16.8. The second kappa shape index (κ2) is 8.51. The first-order valence-corrected chi connectivity index (χ1v) is 8.44. The van der Waals surface area contributed by atoms with E-state index in [1.165, 1.54) is 0 Å². The molecule has 0 spiro atoms. The van der Waals surface area contributed by atoms with Crippen LogP contribution in [0.3, 0.4) is 0 Å². The molecule has 0 radical (unpaired) electrons. The Kier molecular flexibility index (Phi) is 7.33. The lowest BCUT2D eigenvalue weighted by atomic mass is 9.85. The standard InChI is InChI=1S/C17H32N2O3/c1-12(18-16(22)13-7-5-6-8-13)11-15(21)19-14(9-10-20)17(2,3)4/h12-14,20H,5-11H2,1-4H3,(H,18,22)(H,19,21). The molecule has 1 fully saturated rings. The Labute approximate surface area is 134 Å². The number of carbonyl (C=O) groups is 2. The Morgan fingerprint density at radius 3 is 2.27 bits per heavy atom. The third-order valence-corrected chi connectivity index (χ3v) is 4.40. The van der Waals surface area contributed by atoms with E-state index < -0.39 is 0 Å². The first-order valence-electron chi connectivity index (χ1n) is 8.44. The van der Waals surface area contributed by atoms with Crippen LogP contribution < -0.4 is 10.6 Å². The molecule has 1 saturated carbocycles. The number of hydrogen-bond donors (Lipinski definition) is 3. The third kappa shape index (κ3) is 6.34. The molecule has 0 aliphatic heterocycles. The third-order valence-electron chi connectivity index (χ3n) is 4.40. The van der Waals surface area contributed by atoms with Gasteiger partial charge in [0.2, 0.25) is 11.8 Å². The van der Waals surface area contributed by atoms with Gasteiger partial charge in [-0.15, -0.1) is 0 Å². The predicted octanol–water partition coefficient (Wildman–Crippen LogP) is 1.98. The van der Waals surface area contributed by atoms with E-state index in [1.807, 2.05) is 27.7 Å². The van der Waals surface area contributed by atoms with Crippen molar-refractivity contribution in [3.8, 4) is 0 Å². The maximum atomic E-state index is 12.1. The highest BCUT2D eigenvalue weighted by Crippen LogP contribution is 2.25. The van der Waals surface area contributed by atoms with Crippen LogP contribution in [0.4, 0.5) is 0 Å². The van der Waals surface area contributed by atoms with Gasteiger partial charge >= 0.3 is 0 Å². The van der Waals surface area contributed by atoms with Gasteiger partial charge in [0, 0.05) is 31.0 Å². The lowest BCUT2D eigenvalue weighted by Gasteiger charge is -2.31. The summed E-state index contributed by atoms with van der Waals surface area (Å²) in [6, 6.07) is -0.231. The second-order valence-electron chi connectivity index (χ2n) is 7.59. The Bertz CT molecular complexity index is 371. The van der Waals surface area contributed by atoms with Crippen molar-refractivity contribution >= 4 is 11.8 Å². The van der Waals surface area contributed by atoms with Gasteiger partial charge < -0.3 is 15.7 Å². The summed E-state index contributed by atoms with van der Waals surface area (Å²) >= 11 is 0. The van der Waals surface area contributed by atoms with Gasteiger partial charge in [0.05, 0.1) is 0 Å². The molecule has 1 aliphatic rings. The van der Waals surface area contributed by atoms with Crippen molar-refractivity contribution in [1.29, 1.82) is 0 Å². The molecular weight excluding hydrogens is 280 g/mol. The number of aliphatic hydroxyl groups is 1. The number of amides is 2. The second-order valence-corrected chi connectivity index (χ2v) is 7.59. The van der Waals surface area contributed by atoms with E-state index in [0.717, 1.165) is 25.7 Å². The number of aliphatic hydroxyl groups excluding tert-OH is 1. The quantitative estimate of drug-likeness (QED) is 0.672. The Morgan fingerprint density at radius 1 is 1.18 bits per heavy atom. The Morgan fingerprint density at radius 2 is 1.77 bits per heavy atom. The summed E-state index contributed by atoms with van der Waals surface area (Å²) in [6.45, 7) is 8.04. The lowest BCUT2D eigenvalue weighted by molar-refractivity contribution is -0.126. The van der Waals surface area contributed by atoms with Gasteiger partial charge in [-0.25, -0.2) is 0 Å². The maximum absolute atomic E-state index is 12.1. The van der Waals surface area contributed by atoms with Gasteiger partial charge in [-0.3, -0.25) is 9.59 Å². The number of rotatable bonds is 7. The van der Waals surface area contributed by atoms with Crippen LogP contribution in [0.2, 0.25) is 0 Å². The normalized spacial score (nSPS) is 18.8. The summed E-state index contributed by atoms with van der Waals surface area (Å²) in [5.74, 6) is 0.135. The summed E-state index contributed by atoms with van der Waals surface area (Å²) < 4.78 is 0. The van der Waals surface area contributed by atoms with Crippen molar-refractivity contribution in [1.82, 2.24) is 10.6 Å². The molecule has 2 atom stereocenters. The molecular formula is C17H32N2O3. The van der Waals surface area contributed by atoms with E-state index in [-0.39, 0.29) is 48.3 Å². The number of nitrogens with one attached hydrogen (secondary N) is 2. The average Bonchev–Trinajstić information content (AvgIpc) is 2.90. The lowest BCUT2D eigenvalue weighted by Crippen LogP contribution is -2.46. The van der Waals surface area contributed by atoms with Crippen LogP contribution >= 0.6 is 0 Å². The number of carbonyl (C=O) groups excluding carboxylic acids is 2. The minimum Gasteiger partial charge on any atom is -0.396 e. The minimum atomic E-state index is -0.164. The van der Waals surface area contributed by atoms with Gasteiger partial charge in [0.25, 0.3) is 0 Å². The molecule has 1 rings (SSSR count). The summed E-state index contributed by atoms with van der Waals surface area (Å²) in [5.41, 5.74) is -0.102. The monoisotopic (exact) mass is 312 g/mol. The molecule has 22 heavy (non-hydrogen) atoms. The first-order chi connectivity index (χ1) is 10.2. The van der Waals surface area contributed by atoms with Crippen LogP contribution in [-0.2, 0) is 9.59 Å². The molecule has 3 N–H and O–H groups in total. The average molecular weight is 312 g/mol. The Balaban J connectivity index is 2.40. The fourth-order valence-electron chi connectivity index (χ4n) is 2.98. The van der Waals surface area contributed by atoms with E-state index in [1.54, 1.807) is 0 Å². The van der Waals surface area contributed by atoms with Crippen LogP contribution in [-0.4, -0.2) is 35.6 Å². The molecule has 0 bridgehead atoms. The molecule has 2 amide bonds. The Hall–Kier alpha value is -1.10. The molecule has 0 aromatic carbocycles. The van der Waals surface area contributed by atoms with Gasteiger partial charge in [-0.05, 0) is 31.6 Å². The summed E-state index contributed by atoms with van der Waals surface area (Å²) in [6.07, 6.45) is 5.00. The van der Waals surface area contributed by atoms with Crippen LogP contribution in [0.15, 0.2) is 0 Å². The van der Waals surface area contributed by atoms with Gasteiger partial charge in [-0.1, -0.05) is 33.6 Å². The van der Waals surface area contributed by atoms with Crippen LogP contribution in [0, 0.1) is 11.3 Å². The molecule has 2 unspecified atom stereocenters. The summed E-state index contributed by atoms with van der Waals surface area (Å²) in [7, 11) is 0. The fourth-order valence-corrected chi connectivity index (χ4v) is 2.98. The van der Waals surface area contributed by atoms with Crippen LogP contribution in [0.1, 0.15) is 66.2 Å². The molecule has 0 aromatic heterocycles. The van der Waals surface area contributed by atoms with E-state index in [9.17, 15) is 9.59 Å². The van der Waals surface area contributed by atoms with E-state index in [2.05, 4.69) is 10.6 Å². The van der Waals surface area contributed by atoms with Crippen LogP contribution in [0.5, 0.6) is 0 Å². The fraction of sp³-hybridized carbons (Fsp3) is 0.882. The van der Waals surface area contributed by atoms with Gasteiger partial charge in [0.15, 0.2) is 0 Å². The minimum absolute atomic E-state index is 0.0518. The molecule has 0 saturated heterocycles. The first kappa shape index (κ1) is 18.9. The van der Waals surface area contributed by atoms with Crippen LogP contribution in [0.25, 0.3) is 0 Å². The van der Waals surface area contributed by atoms with Crippen molar-refractivity contribution in [2.45, 2.75) is 78.3 Å². The predicted molar refractivity (Wildman–Crippen MR) is 87.3 cm³/mol. The molecule has 0 heterocycles. The highest BCUT2D eigenvalue weighted by Gasteiger charge is 2.27. The van der Waals surface area contributed by atoms with Crippen molar-refractivity contribution in [3.63, 3.8) is 0 Å². The smallest absolute Gasteiger partial charge is 0.223 e. The van der Waals surface area contributed by atoms with Gasteiger partial charge in [-0.2, -0.15) is 0 Å². The molecule has 1 aliphatic carbocycles. The van der Waals surface area contributed by atoms with Crippen molar-refractivity contribution in [2.75, 3.05) is 6.61 Å². The number of hydrogen-bond acceptors (Lipinski definition) is 3. The van der Waals surface area contributed by atoms with E-state index >= 15 is 0 Å². The molecule has 5 nitrogen and oxygen atoms in total. The van der Waals surface area contributed by atoms with Crippen molar-refractivity contribution < 1.29 is 14.7 Å². The molecule has 5 heteroatoms. The largest absolute Gasteiger partial charge is 0.396 e. The van der Waals surface area contributed by atoms with E-state index in [4.69, 9.17) is 5.11 Å². The maximum Gasteiger partial charge on any atom is 0.223 e. The van der Waals surface area contributed by atoms with E-state index in [0.29, 0.717) is 6.42 Å². The molecule has 128 valence electrons. The summed E-state index contributed by atoms with van der Waals surface area (Å²) in [4.78, 5) is 24.2. The summed E-state index contributed by atoms with van der Waals surface area (Å²) in [5, 5.41) is 15.1. The van der Waals surface area contributed by atoms with Gasteiger partial charge in [0.1, 0.15) is 0 Å². The highest BCUT2D eigenvalue weighted by molar-refractivity contribution is 5.81. The topological polar surface area (TPSA) is 78.4 Å². The highest BCUT2D eigenvalue weighted by atomic mass is 16.3.